The van der Waals surface area contributed by atoms with Gasteiger partial charge in [-0.2, -0.15) is 0 Å². The summed E-state index contributed by atoms with van der Waals surface area (Å²) in [4.78, 5) is 16.6. The van der Waals surface area contributed by atoms with E-state index in [1.807, 2.05) is 42.5 Å². The summed E-state index contributed by atoms with van der Waals surface area (Å²) in [5.74, 6) is 1.01. The van der Waals surface area contributed by atoms with Gasteiger partial charge in [0.05, 0.1) is 7.11 Å². The van der Waals surface area contributed by atoms with Gasteiger partial charge in [0.2, 0.25) is 11.8 Å². The molecule has 0 unspecified atom stereocenters. The molecule has 5 nitrogen and oxygen atoms in total. The minimum absolute atomic E-state index is 0.221. The van der Waals surface area contributed by atoms with Crippen LogP contribution in [0.4, 0.5) is 5.69 Å². The third-order valence-electron chi connectivity index (χ3n) is 4.29. The number of aromatic nitrogens is 1. The Labute approximate surface area is 172 Å². The molecule has 0 saturated heterocycles. The fourth-order valence-electron chi connectivity index (χ4n) is 2.78. The van der Waals surface area contributed by atoms with E-state index in [0.717, 1.165) is 22.4 Å². The van der Waals surface area contributed by atoms with Gasteiger partial charge in [-0.25, -0.2) is 4.98 Å². The van der Waals surface area contributed by atoms with Crippen LogP contribution in [0.3, 0.4) is 0 Å². The Balaban J connectivity index is 1.45. The van der Waals surface area contributed by atoms with E-state index in [1.165, 1.54) is 6.08 Å². The van der Waals surface area contributed by atoms with Crippen molar-refractivity contribution >= 4 is 40.4 Å². The number of nitrogens with zero attached hydrogens (tertiary/aromatic N) is 1. The van der Waals surface area contributed by atoms with Gasteiger partial charge in [0, 0.05) is 28.4 Å². The second-order valence-corrected chi connectivity index (χ2v) is 6.74. The van der Waals surface area contributed by atoms with Crippen molar-refractivity contribution in [2.75, 3.05) is 12.4 Å². The van der Waals surface area contributed by atoms with E-state index >= 15 is 0 Å². The number of methoxy groups -OCH3 is 1. The minimum Gasteiger partial charge on any atom is -0.497 e. The first-order chi connectivity index (χ1) is 14.1. The molecule has 0 fully saturated rings. The number of carbonyl (C=O) groups is 1. The molecule has 0 aliphatic heterocycles. The predicted molar refractivity (Wildman–Crippen MR) is 115 cm³/mol. The van der Waals surface area contributed by atoms with Gasteiger partial charge >= 0.3 is 0 Å². The first kappa shape index (κ1) is 18.8. The van der Waals surface area contributed by atoms with Crippen LogP contribution in [0.15, 0.2) is 77.2 Å². The molecule has 1 heterocycles. The Morgan fingerprint density at radius 2 is 1.83 bits per heavy atom. The number of amides is 1. The molecule has 144 valence electrons. The molecule has 0 aliphatic rings. The number of nitrogens with one attached hydrogen (secondary N) is 1. The largest absolute Gasteiger partial charge is 0.497 e. The van der Waals surface area contributed by atoms with E-state index in [2.05, 4.69) is 10.3 Å². The van der Waals surface area contributed by atoms with Crippen LogP contribution < -0.4 is 10.1 Å². The van der Waals surface area contributed by atoms with Crippen molar-refractivity contribution in [3.63, 3.8) is 0 Å². The van der Waals surface area contributed by atoms with Crippen LogP contribution >= 0.6 is 11.6 Å². The lowest BCUT2D eigenvalue weighted by Gasteiger charge is -2.03. The summed E-state index contributed by atoms with van der Waals surface area (Å²) < 4.78 is 11.0. The van der Waals surface area contributed by atoms with Crippen molar-refractivity contribution in [2.45, 2.75) is 0 Å². The maximum Gasteiger partial charge on any atom is 0.248 e. The van der Waals surface area contributed by atoms with Crippen molar-refractivity contribution < 1.29 is 13.9 Å². The standard InChI is InChI=1S/C23H17ClN2O3/c1-28-19-11-12-21-20(14-19)26-23(29-21)16-5-9-18(10-6-16)25-22(27)13-4-15-2-7-17(24)8-3-15/h2-14H,1H3,(H,25,27). The molecule has 29 heavy (non-hydrogen) atoms. The molecule has 0 bridgehead atoms. The lowest BCUT2D eigenvalue weighted by molar-refractivity contribution is -0.111. The third kappa shape index (κ3) is 4.47. The number of anilines is 1. The Bertz CT molecular complexity index is 1180. The molecule has 0 aliphatic carbocycles. The van der Waals surface area contributed by atoms with Crippen LogP contribution in [0.5, 0.6) is 5.75 Å². The average Bonchev–Trinajstić information content (AvgIpc) is 3.17. The number of hydrogen-bond donors (Lipinski definition) is 1. The Hall–Kier alpha value is -3.57. The van der Waals surface area contributed by atoms with E-state index in [1.54, 1.807) is 37.5 Å². The number of rotatable bonds is 5. The number of benzene rings is 3. The molecular formula is C23H17ClN2O3. The highest BCUT2D eigenvalue weighted by molar-refractivity contribution is 6.30. The van der Waals surface area contributed by atoms with Crippen LogP contribution in [-0.4, -0.2) is 18.0 Å². The summed E-state index contributed by atoms with van der Waals surface area (Å²) >= 11 is 5.86. The molecule has 4 rings (SSSR count). The monoisotopic (exact) mass is 404 g/mol. The highest BCUT2D eigenvalue weighted by atomic mass is 35.5. The number of fused-ring (bicyclic) bond motifs is 1. The topological polar surface area (TPSA) is 64.4 Å². The highest BCUT2D eigenvalue weighted by Gasteiger charge is 2.09. The van der Waals surface area contributed by atoms with Gasteiger partial charge in [-0.3, -0.25) is 4.79 Å². The fourth-order valence-corrected chi connectivity index (χ4v) is 2.91. The first-order valence-electron chi connectivity index (χ1n) is 8.90. The second-order valence-electron chi connectivity index (χ2n) is 6.30. The third-order valence-corrected chi connectivity index (χ3v) is 4.54. The van der Waals surface area contributed by atoms with Gasteiger partial charge in [0.15, 0.2) is 5.58 Å². The van der Waals surface area contributed by atoms with Crippen LogP contribution in [0.2, 0.25) is 5.02 Å². The van der Waals surface area contributed by atoms with Crippen molar-refractivity contribution in [2.24, 2.45) is 0 Å². The summed E-state index contributed by atoms with van der Waals surface area (Å²) in [6.07, 6.45) is 3.21. The molecule has 0 atom stereocenters. The molecular weight excluding hydrogens is 388 g/mol. The van der Waals surface area contributed by atoms with E-state index in [-0.39, 0.29) is 5.91 Å². The van der Waals surface area contributed by atoms with Gasteiger partial charge in [-0.1, -0.05) is 23.7 Å². The van der Waals surface area contributed by atoms with Crippen molar-refractivity contribution in [1.82, 2.24) is 4.98 Å². The molecule has 1 aromatic heterocycles. The number of oxazole rings is 1. The normalized spacial score (nSPS) is 11.1. The smallest absolute Gasteiger partial charge is 0.248 e. The molecule has 1 N–H and O–H groups in total. The quantitative estimate of drug-likeness (QED) is 0.426. The van der Waals surface area contributed by atoms with Gasteiger partial charge in [-0.05, 0) is 60.2 Å². The first-order valence-corrected chi connectivity index (χ1v) is 9.28. The molecule has 0 saturated carbocycles. The summed E-state index contributed by atoms with van der Waals surface area (Å²) in [6, 6.07) is 20.0. The van der Waals surface area contributed by atoms with Crippen molar-refractivity contribution in [3.8, 4) is 17.2 Å². The SMILES string of the molecule is COc1ccc2oc(-c3ccc(NC(=O)C=Cc4ccc(Cl)cc4)cc3)nc2c1. The molecule has 0 radical (unpaired) electrons. The summed E-state index contributed by atoms with van der Waals surface area (Å²) in [5.41, 5.74) is 3.80. The average molecular weight is 405 g/mol. The van der Waals surface area contributed by atoms with E-state index in [4.69, 9.17) is 20.8 Å². The van der Waals surface area contributed by atoms with Crippen molar-refractivity contribution in [3.05, 3.63) is 83.4 Å². The maximum absolute atomic E-state index is 12.1. The number of hydrogen-bond acceptors (Lipinski definition) is 4. The number of carbonyl (C=O) groups excluding carboxylic acids is 1. The molecule has 0 spiro atoms. The van der Waals surface area contributed by atoms with Crippen LogP contribution in [-0.2, 0) is 4.79 Å². The van der Waals surface area contributed by atoms with Gasteiger partial charge in [-0.15, -0.1) is 0 Å². The summed E-state index contributed by atoms with van der Waals surface area (Å²) in [7, 11) is 1.61. The Morgan fingerprint density at radius 3 is 2.55 bits per heavy atom. The zero-order valence-electron chi connectivity index (χ0n) is 15.6. The second kappa shape index (κ2) is 8.20. The van der Waals surface area contributed by atoms with E-state index in [0.29, 0.717) is 22.2 Å². The Morgan fingerprint density at radius 1 is 1.07 bits per heavy atom. The van der Waals surface area contributed by atoms with Crippen molar-refractivity contribution in [1.29, 1.82) is 0 Å². The van der Waals surface area contributed by atoms with Gasteiger partial charge in [0.25, 0.3) is 0 Å². The van der Waals surface area contributed by atoms with Crippen LogP contribution in [0, 0.1) is 0 Å². The maximum atomic E-state index is 12.1. The highest BCUT2D eigenvalue weighted by Crippen LogP contribution is 2.27. The zero-order valence-corrected chi connectivity index (χ0v) is 16.3. The lowest BCUT2D eigenvalue weighted by Crippen LogP contribution is -2.07. The molecule has 4 aromatic rings. The van der Waals surface area contributed by atoms with Crippen LogP contribution in [0.25, 0.3) is 28.6 Å². The number of ether oxygens (including phenoxy) is 1. The fraction of sp³-hybridized carbons (Fsp3) is 0.0435. The number of halogens is 1. The minimum atomic E-state index is -0.221. The summed E-state index contributed by atoms with van der Waals surface area (Å²) in [5, 5.41) is 3.48. The van der Waals surface area contributed by atoms with Gasteiger partial charge < -0.3 is 14.5 Å². The predicted octanol–water partition coefficient (Wildman–Crippen LogP) is 5.81. The van der Waals surface area contributed by atoms with Crippen LogP contribution in [0.1, 0.15) is 5.56 Å². The summed E-state index contributed by atoms with van der Waals surface area (Å²) in [6.45, 7) is 0. The Kier molecular flexibility index (Phi) is 5.31. The molecule has 6 heteroatoms. The van der Waals surface area contributed by atoms with E-state index in [9.17, 15) is 4.79 Å². The van der Waals surface area contributed by atoms with E-state index < -0.39 is 0 Å². The zero-order chi connectivity index (χ0) is 20.2. The molecule has 3 aromatic carbocycles. The lowest BCUT2D eigenvalue weighted by atomic mass is 10.2. The van der Waals surface area contributed by atoms with Gasteiger partial charge in [0.1, 0.15) is 11.3 Å². The molecule has 1 amide bonds.